The fraction of sp³-hybridized carbons (Fsp3) is 0.263. The van der Waals surface area contributed by atoms with E-state index in [2.05, 4.69) is 64.1 Å². The molecule has 4 aromatic carbocycles. The maximum Gasteiger partial charge on any atom is 0.255 e. The van der Waals surface area contributed by atoms with Gasteiger partial charge in [-0.05, 0) is 71.8 Å². The molecule has 1 saturated carbocycles. The van der Waals surface area contributed by atoms with E-state index in [1.54, 1.807) is 30.6 Å². The highest BCUT2D eigenvalue weighted by molar-refractivity contribution is 6.01. The second-order valence-corrected chi connectivity index (χ2v) is 11.5. The Morgan fingerprint density at radius 1 is 0.778 bits per heavy atom. The highest BCUT2D eigenvalue weighted by Gasteiger charge is 2.26. The average molecular weight is 602 g/mol. The molecule has 6 rings (SSSR count). The van der Waals surface area contributed by atoms with Crippen molar-refractivity contribution in [3.05, 3.63) is 144 Å². The van der Waals surface area contributed by atoms with Crippen LogP contribution in [0.1, 0.15) is 65.1 Å². The van der Waals surface area contributed by atoms with E-state index in [4.69, 9.17) is 9.47 Å². The normalized spacial score (nSPS) is 17.2. The van der Waals surface area contributed by atoms with E-state index in [0.717, 1.165) is 36.5 Å². The van der Waals surface area contributed by atoms with E-state index in [1.807, 2.05) is 42.5 Å². The van der Waals surface area contributed by atoms with Crippen molar-refractivity contribution < 1.29 is 19.4 Å². The Hall–Kier alpha value is -4.56. The zero-order valence-electron chi connectivity index (χ0n) is 25.2. The monoisotopic (exact) mass is 601 g/mol. The number of rotatable bonds is 12. The second kappa shape index (κ2) is 14.9. The Morgan fingerprint density at radius 2 is 1.40 bits per heavy atom. The summed E-state index contributed by atoms with van der Waals surface area (Å²) in [5.74, 6) is 0.0686. The highest BCUT2D eigenvalue weighted by Crippen LogP contribution is 2.32. The fourth-order valence-corrected chi connectivity index (χ4v) is 5.95. The first kappa shape index (κ1) is 30.5. The minimum atomic E-state index is -1.25. The number of aliphatic hydroxyl groups excluding tert-OH is 1. The van der Waals surface area contributed by atoms with Crippen molar-refractivity contribution in [1.29, 1.82) is 0 Å². The van der Waals surface area contributed by atoms with Gasteiger partial charge in [0.2, 0.25) is 6.29 Å². The Labute approximate surface area is 264 Å². The number of benzene rings is 4. The largest absolute Gasteiger partial charge is 0.460 e. The van der Waals surface area contributed by atoms with E-state index in [9.17, 15) is 9.90 Å². The molecular weight excluding hydrogens is 562 g/mol. The molecule has 0 aliphatic heterocycles. The van der Waals surface area contributed by atoms with Crippen LogP contribution in [0.25, 0.3) is 10.8 Å². The molecule has 0 bridgehead atoms. The van der Waals surface area contributed by atoms with Gasteiger partial charge in [0.25, 0.3) is 5.91 Å². The molecule has 0 radical (unpaired) electrons. The number of fused-ring (bicyclic) bond motifs is 1. The molecule has 7 nitrogen and oxygen atoms in total. The number of ether oxygens (including phenoxy) is 2. The average Bonchev–Trinajstić information content (AvgIpc) is 3.10. The first-order valence-corrected chi connectivity index (χ1v) is 15.7. The molecule has 230 valence electrons. The molecule has 1 unspecified atom stereocenters. The van der Waals surface area contributed by atoms with Crippen molar-refractivity contribution in [3.63, 3.8) is 0 Å². The molecule has 0 spiro atoms. The number of carbonyl (C=O) groups is 1. The first-order chi connectivity index (χ1) is 22.1. The molecule has 3 N–H and O–H groups in total. The second-order valence-electron chi connectivity index (χ2n) is 11.5. The molecule has 1 heterocycles. The molecule has 1 fully saturated rings. The molecule has 1 aromatic heterocycles. The number of carbonyl (C=O) groups excluding carboxylic acids is 1. The zero-order valence-corrected chi connectivity index (χ0v) is 25.2. The summed E-state index contributed by atoms with van der Waals surface area (Å²) in [5.41, 5.74) is 3.23. The van der Waals surface area contributed by atoms with Crippen LogP contribution in [-0.2, 0) is 4.74 Å². The predicted octanol–water partition coefficient (Wildman–Crippen LogP) is 6.74. The number of aliphatic hydroxyl groups is 1. The van der Waals surface area contributed by atoms with Gasteiger partial charge in [0, 0.05) is 37.1 Å². The van der Waals surface area contributed by atoms with Crippen LogP contribution in [0, 0.1) is 0 Å². The first-order valence-electron chi connectivity index (χ1n) is 15.7. The summed E-state index contributed by atoms with van der Waals surface area (Å²) in [4.78, 5) is 17.4. The summed E-state index contributed by atoms with van der Waals surface area (Å²) < 4.78 is 12.6. The molecule has 0 saturated heterocycles. The predicted molar refractivity (Wildman–Crippen MR) is 176 cm³/mol. The Kier molecular flexibility index (Phi) is 10.1. The number of hydrogen-bond donors (Lipinski definition) is 3. The quantitative estimate of drug-likeness (QED) is 0.108. The van der Waals surface area contributed by atoms with Crippen LogP contribution in [0.2, 0.25) is 0 Å². The third-order valence-corrected chi connectivity index (χ3v) is 8.35. The van der Waals surface area contributed by atoms with Gasteiger partial charge in [0.15, 0.2) is 0 Å². The minimum absolute atomic E-state index is 0.0772. The molecule has 1 aliphatic carbocycles. The zero-order chi connectivity index (χ0) is 30.8. The summed E-state index contributed by atoms with van der Waals surface area (Å²) in [6, 6.07) is 36.1. The number of nitrogens with zero attached hydrogens (tertiary/aromatic N) is 1. The molecule has 7 heteroatoms. The van der Waals surface area contributed by atoms with Gasteiger partial charge in [-0.3, -0.25) is 9.78 Å². The van der Waals surface area contributed by atoms with Crippen molar-refractivity contribution in [2.75, 3.05) is 13.1 Å². The minimum Gasteiger partial charge on any atom is -0.460 e. The van der Waals surface area contributed by atoms with Gasteiger partial charge in [0.05, 0.1) is 11.7 Å². The van der Waals surface area contributed by atoms with E-state index in [1.165, 1.54) is 11.1 Å². The standard InChI is InChI=1S/C38H39N3O4/c42-37(34-24-29-14-7-8-15-30(29)25-35(34)45-38(43)31-16-9-21-39-26-31)41-23-22-40-32-17-19-33(20-18-32)44-36(27-10-3-1-4-11-27)28-12-5-2-6-13-28/h1-16,21,24-26,32-33,36,38,40,43H,17-20,22-23H2,(H,41,42). The lowest BCUT2D eigenvalue weighted by Crippen LogP contribution is -2.40. The maximum atomic E-state index is 13.3. The van der Waals surface area contributed by atoms with Gasteiger partial charge in [0.1, 0.15) is 11.9 Å². The van der Waals surface area contributed by atoms with Gasteiger partial charge in [-0.25, -0.2) is 0 Å². The molecule has 1 amide bonds. The summed E-state index contributed by atoms with van der Waals surface area (Å²) in [7, 11) is 0. The molecule has 1 atom stereocenters. The van der Waals surface area contributed by atoms with E-state index in [0.29, 0.717) is 36.0 Å². The lowest BCUT2D eigenvalue weighted by atomic mass is 9.92. The maximum absolute atomic E-state index is 13.3. The SMILES string of the molecule is O=C(NCCNC1CCC(OC(c2ccccc2)c2ccccc2)CC1)c1cc2ccccc2cc1OC(O)c1cccnc1. The van der Waals surface area contributed by atoms with Crippen LogP contribution < -0.4 is 15.4 Å². The number of hydrogen-bond acceptors (Lipinski definition) is 6. The number of pyridine rings is 1. The number of aromatic nitrogens is 1. The van der Waals surface area contributed by atoms with Crippen LogP contribution in [0.3, 0.4) is 0 Å². The van der Waals surface area contributed by atoms with E-state index >= 15 is 0 Å². The lowest BCUT2D eigenvalue weighted by Gasteiger charge is -2.32. The molecule has 45 heavy (non-hydrogen) atoms. The molecular formula is C38H39N3O4. The van der Waals surface area contributed by atoms with Gasteiger partial charge < -0.3 is 25.2 Å². The van der Waals surface area contributed by atoms with Crippen LogP contribution in [0.15, 0.2) is 122 Å². The topological polar surface area (TPSA) is 92.7 Å². The summed E-state index contributed by atoms with van der Waals surface area (Å²) >= 11 is 0. The third-order valence-electron chi connectivity index (χ3n) is 8.35. The van der Waals surface area contributed by atoms with E-state index < -0.39 is 6.29 Å². The van der Waals surface area contributed by atoms with Gasteiger partial charge in [-0.1, -0.05) is 84.9 Å². The van der Waals surface area contributed by atoms with Crippen molar-refractivity contribution >= 4 is 16.7 Å². The van der Waals surface area contributed by atoms with Crippen LogP contribution in [0.5, 0.6) is 5.75 Å². The van der Waals surface area contributed by atoms with Gasteiger partial charge in [-0.2, -0.15) is 0 Å². The van der Waals surface area contributed by atoms with Crippen LogP contribution >= 0.6 is 0 Å². The fourth-order valence-electron chi connectivity index (χ4n) is 5.95. The Morgan fingerprint density at radius 3 is 2.04 bits per heavy atom. The van der Waals surface area contributed by atoms with Crippen LogP contribution in [0.4, 0.5) is 0 Å². The van der Waals surface area contributed by atoms with Gasteiger partial charge >= 0.3 is 0 Å². The smallest absolute Gasteiger partial charge is 0.255 e. The van der Waals surface area contributed by atoms with Crippen molar-refractivity contribution in [1.82, 2.24) is 15.6 Å². The van der Waals surface area contributed by atoms with Crippen molar-refractivity contribution in [3.8, 4) is 5.75 Å². The molecule has 5 aromatic rings. The third kappa shape index (κ3) is 7.94. The van der Waals surface area contributed by atoms with Gasteiger partial charge in [-0.15, -0.1) is 0 Å². The summed E-state index contributed by atoms with van der Waals surface area (Å²) in [6.45, 7) is 1.12. The molecule has 1 aliphatic rings. The Bertz CT molecular complexity index is 1620. The van der Waals surface area contributed by atoms with E-state index in [-0.39, 0.29) is 18.1 Å². The lowest BCUT2D eigenvalue weighted by molar-refractivity contribution is -0.0200. The number of nitrogens with one attached hydrogen (secondary N) is 2. The van der Waals surface area contributed by atoms with Crippen molar-refractivity contribution in [2.24, 2.45) is 0 Å². The Balaban J connectivity index is 1.01. The number of amides is 1. The summed E-state index contributed by atoms with van der Waals surface area (Å²) in [5, 5.41) is 19.2. The summed E-state index contributed by atoms with van der Waals surface area (Å²) in [6.07, 6.45) is 6.05. The highest BCUT2D eigenvalue weighted by atomic mass is 16.6. The van der Waals surface area contributed by atoms with Crippen molar-refractivity contribution in [2.45, 2.75) is 50.2 Å². The van der Waals surface area contributed by atoms with Crippen LogP contribution in [-0.4, -0.2) is 41.2 Å².